The number of hydrogen-bond donors (Lipinski definition) is 2. The van der Waals surface area contributed by atoms with E-state index in [1.807, 2.05) is 19.1 Å². The summed E-state index contributed by atoms with van der Waals surface area (Å²) in [6.45, 7) is 2.78. The predicted octanol–water partition coefficient (Wildman–Crippen LogP) is 2.22. The molecule has 4 heteroatoms. The number of aromatic hydroxyl groups is 1. The van der Waals surface area contributed by atoms with E-state index in [2.05, 4.69) is 4.98 Å². The lowest BCUT2D eigenvalue weighted by Gasteiger charge is -2.24. The SMILES string of the molecule is Cc1nc(-c2ccc(O)cc2)nc2c1CC(CN)CC2. The molecule has 0 aliphatic heterocycles. The molecule has 0 amide bonds. The largest absolute Gasteiger partial charge is 0.508 e. The number of aromatic nitrogens is 2. The zero-order chi connectivity index (χ0) is 14.1. The number of benzene rings is 1. The van der Waals surface area contributed by atoms with Crippen LogP contribution >= 0.6 is 0 Å². The maximum Gasteiger partial charge on any atom is 0.159 e. The Morgan fingerprint density at radius 2 is 2.00 bits per heavy atom. The van der Waals surface area contributed by atoms with Gasteiger partial charge in [-0.1, -0.05) is 0 Å². The quantitative estimate of drug-likeness (QED) is 0.877. The minimum atomic E-state index is 0.259. The van der Waals surface area contributed by atoms with E-state index in [1.165, 1.54) is 5.56 Å². The summed E-state index contributed by atoms with van der Waals surface area (Å²) in [4.78, 5) is 9.33. The van der Waals surface area contributed by atoms with E-state index in [0.29, 0.717) is 5.92 Å². The van der Waals surface area contributed by atoms with Crippen LogP contribution in [0.2, 0.25) is 0 Å². The van der Waals surface area contributed by atoms with Gasteiger partial charge in [0.15, 0.2) is 5.82 Å². The molecule has 1 aliphatic carbocycles. The molecule has 20 heavy (non-hydrogen) atoms. The van der Waals surface area contributed by atoms with E-state index in [4.69, 9.17) is 10.7 Å². The van der Waals surface area contributed by atoms with Gasteiger partial charge in [0.25, 0.3) is 0 Å². The van der Waals surface area contributed by atoms with Crippen molar-refractivity contribution in [1.82, 2.24) is 9.97 Å². The first-order valence-corrected chi connectivity index (χ1v) is 7.03. The molecule has 3 rings (SSSR count). The zero-order valence-corrected chi connectivity index (χ0v) is 11.6. The van der Waals surface area contributed by atoms with Gasteiger partial charge in [0, 0.05) is 17.0 Å². The Labute approximate surface area is 118 Å². The van der Waals surface area contributed by atoms with E-state index in [1.54, 1.807) is 12.1 Å². The van der Waals surface area contributed by atoms with Crippen molar-refractivity contribution >= 4 is 0 Å². The molecular weight excluding hydrogens is 250 g/mol. The van der Waals surface area contributed by atoms with Crippen molar-refractivity contribution in [2.75, 3.05) is 6.54 Å². The molecule has 1 atom stereocenters. The van der Waals surface area contributed by atoms with Crippen LogP contribution in [-0.4, -0.2) is 21.6 Å². The molecule has 0 spiro atoms. The van der Waals surface area contributed by atoms with Gasteiger partial charge < -0.3 is 10.8 Å². The Kier molecular flexibility index (Phi) is 3.40. The molecule has 0 fully saturated rings. The molecule has 2 aromatic rings. The standard InChI is InChI=1S/C16H19N3O/c1-10-14-8-11(9-17)2-7-15(14)19-16(18-10)12-3-5-13(20)6-4-12/h3-6,11,20H,2,7-9,17H2,1H3. The number of nitrogens with two attached hydrogens (primary N) is 1. The van der Waals surface area contributed by atoms with Crippen LogP contribution in [0.15, 0.2) is 24.3 Å². The maximum absolute atomic E-state index is 9.35. The molecule has 0 radical (unpaired) electrons. The lowest BCUT2D eigenvalue weighted by molar-refractivity contribution is 0.460. The minimum absolute atomic E-state index is 0.259. The second-order valence-corrected chi connectivity index (χ2v) is 5.45. The minimum Gasteiger partial charge on any atom is -0.508 e. The molecule has 1 aromatic heterocycles. The average molecular weight is 269 g/mol. The third-order valence-electron chi connectivity index (χ3n) is 4.04. The van der Waals surface area contributed by atoms with Gasteiger partial charge in [-0.2, -0.15) is 0 Å². The number of phenols is 1. The monoisotopic (exact) mass is 269 g/mol. The van der Waals surface area contributed by atoms with Gasteiger partial charge in [-0.15, -0.1) is 0 Å². The highest BCUT2D eigenvalue weighted by Gasteiger charge is 2.22. The fourth-order valence-electron chi connectivity index (χ4n) is 2.80. The van der Waals surface area contributed by atoms with E-state index >= 15 is 0 Å². The molecule has 3 N–H and O–H groups in total. The van der Waals surface area contributed by atoms with Gasteiger partial charge in [-0.05, 0) is 68.5 Å². The Balaban J connectivity index is 2.00. The molecule has 0 saturated heterocycles. The predicted molar refractivity (Wildman–Crippen MR) is 78.4 cm³/mol. The number of nitrogens with zero attached hydrogens (tertiary/aromatic N) is 2. The van der Waals surface area contributed by atoms with Gasteiger partial charge in [0.05, 0.1) is 0 Å². The summed E-state index contributed by atoms with van der Waals surface area (Å²) in [6, 6.07) is 7.03. The van der Waals surface area contributed by atoms with Crippen LogP contribution < -0.4 is 5.73 Å². The molecule has 104 valence electrons. The van der Waals surface area contributed by atoms with Crippen LogP contribution in [0.5, 0.6) is 5.75 Å². The van der Waals surface area contributed by atoms with Crippen LogP contribution in [0.25, 0.3) is 11.4 Å². The van der Waals surface area contributed by atoms with E-state index in [9.17, 15) is 5.11 Å². The van der Waals surface area contributed by atoms with Crippen LogP contribution in [0, 0.1) is 12.8 Å². The zero-order valence-electron chi connectivity index (χ0n) is 11.6. The highest BCUT2D eigenvalue weighted by atomic mass is 16.3. The molecule has 1 aromatic carbocycles. The highest BCUT2D eigenvalue weighted by molar-refractivity contribution is 5.57. The lowest BCUT2D eigenvalue weighted by atomic mass is 9.86. The van der Waals surface area contributed by atoms with Crippen molar-refractivity contribution < 1.29 is 5.11 Å². The molecule has 0 bridgehead atoms. The van der Waals surface area contributed by atoms with E-state index in [0.717, 1.165) is 48.6 Å². The second kappa shape index (κ2) is 5.21. The Bertz CT molecular complexity index is 622. The topological polar surface area (TPSA) is 72.0 Å². The maximum atomic E-state index is 9.35. The number of rotatable bonds is 2. The summed E-state index contributed by atoms with van der Waals surface area (Å²) in [6.07, 6.45) is 3.08. The molecule has 1 aliphatic rings. The average Bonchev–Trinajstić information content (AvgIpc) is 2.47. The van der Waals surface area contributed by atoms with E-state index < -0.39 is 0 Å². The summed E-state index contributed by atoms with van der Waals surface area (Å²) in [5.41, 5.74) is 10.2. The summed E-state index contributed by atoms with van der Waals surface area (Å²) >= 11 is 0. The Morgan fingerprint density at radius 1 is 1.25 bits per heavy atom. The summed E-state index contributed by atoms with van der Waals surface area (Å²) in [5.74, 6) is 1.56. The Morgan fingerprint density at radius 3 is 2.70 bits per heavy atom. The number of fused-ring (bicyclic) bond motifs is 1. The number of hydrogen-bond acceptors (Lipinski definition) is 4. The molecular formula is C16H19N3O. The number of phenolic OH excluding ortho intramolecular Hbond substituents is 1. The third kappa shape index (κ3) is 2.39. The van der Waals surface area contributed by atoms with Gasteiger partial charge in [-0.3, -0.25) is 0 Å². The molecule has 0 saturated carbocycles. The second-order valence-electron chi connectivity index (χ2n) is 5.45. The first-order chi connectivity index (χ1) is 9.67. The van der Waals surface area contributed by atoms with E-state index in [-0.39, 0.29) is 5.75 Å². The molecule has 1 unspecified atom stereocenters. The summed E-state index contributed by atoms with van der Waals surface area (Å²) in [7, 11) is 0. The van der Waals surface area contributed by atoms with Crippen molar-refractivity contribution in [3.05, 3.63) is 41.2 Å². The van der Waals surface area contributed by atoms with Crippen LogP contribution in [0.4, 0.5) is 0 Å². The van der Waals surface area contributed by atoms with Crippen molar-refractivity contribution in [1.29, 1.82) is 0 Å². The van der Waals surface area contributed by atoms with Crippen molar-refractivity contribution in [2.24, 2.45) is 11.7 Å². The van der Waals surface area contributed by atoms with Crippen molar-refractivity contribution in [2.45, 2.75) is 26.2 Å². The van der Waals surface area contributed by atoms with Crippen molar-refractivity contribution in [3.8, 4) is 17.1 Å². The van der Waals surface area contributed by atoms with Crippen LogP contribution in [-0.2, 0) is 12.8 Å². The van der Waals surface area contributed by atoms with Crippen LogP contribution in [0.1, 0.15) is 23.4 Å². The van der Waals surface area contributed by atoms with Crippen LogP contribution in [0.3, 0.4) is 0 Å². The molecule has 4 nitrogen and oxygen atoms in total. The smallest absolute Gasteiger partial charge is 0.159 e. The van der Waals surface area contributed by atoms with Gasteiger partial charge in [0.1, 0.15) is 5.75 Å². The first kappa shape index (κ1) is 13.1. The first-order valence-electron chi connectivity index (χ1n) is 7.03. The fraction of sp³-hybridized carbons (Fsp3) is 0.375. The fourth-order valence-corrected chi connectivity index (χ4v) is 2.80. The lowest BCUT2D eigenvalue weighted by Crippen LogP contribution is -2.24. The number of aryl methyl sites for hydroxylation is 2. The summed E-state index contributed by atoms with van der Waals surface area (Å²) < 4.78 is 0. The third-order valence-corrected chi connectivity index (χ3v) is 4.04. The van der Waals surface area contributed by atoms with Gasteiger partial charge in [-0.25, -0.2) is 9.97 Å². The summed E-state index contributed by atoms with van der Waals surface area (Å²) in [5, 5.41) is 9.35. The molecule has 1 heterocycles. The highest BCUT2D eigenvalue weighted by Crippen LogP contribution is 2.28. The normalized spacial score (nSPS) is 17.8. The Hall–Kier alpha value is -1.94. The van der Waals surface area contributed by atoms with Gasteiger partial charge >= 0.3 is 0 Å². The van der Waals surface area contributed by atoms with Gasteiger partial charge in [0.2, 0.25) is 0 Å². The van der Waals surface area contributed by atoms with Crippen molar-refractivity contribution in [3.63, 3.8) is 0 Å².